The number of carboxylic acid groups (broad SMARTS) is 1. The van der Waals surface area contributed by atoms with E-state index in [4.69, 9.17) is 28.3 Å². The first kappa shape index (κ1) is 27.2. The summed E-state index contributed by atoms with van der Waals surface area (Å²) in [5, 5.41) is 18.5. The molecule has 1 atom stereocenters. The molecule has 1 aliphatic heterocycles. The van der Waals surface area contributed by atoms with E-state index >= 15 is 0 Å². The van der Waals surface area contributed by atoms with Gasteiger partial charge in [-0.1, -0.05) is 54.6 Å². The molecular formula is C29H29Cl2FN4O3. The lowest BCUT2D eigenvalue weighted by Gasteiger charge is -2.29. The van der Waals surface area contributed by atoms with Crippen LogP contribution in [0.1, 0.15) is 66.3 Å². The Balaban J connectivity index is 1.64. The Bertz CT molecular complexity index is 1430. The Kier molecular flexibility index (Phi) is 7.96. The lowest BCUT2D eigenvalue weighted by atomic mass is 9.84. The molecule has 39 heavy (non-hydrogen) atoms. The van der Waals surface area contributed by atoms with Gasteiger partial charge >= 0.3 is 6.09 Å². The van der Waals surface area contributed by atoms with E-state index in [2.05, 4.69) is 5.32 Å². The Morgan fingerprint density at radius 2 is 1.82 bits per heavy atom. The van der Waals surface area contributed by atoms with Gasteiger partial charge in [0.1, 0.15) is 5.82 Å². The van der Waals surface area contributed by atoms with Crippen molar-refractivity contribution in [1.29, 1.82) is 0 Å². The normalized spacial score (nSPS) is 17.6. The van der Waals surface area contributed by atoms with Crippen LogP contribution in [0.25, 0.3) is 17.3 Å². The van der Waals surface area contributed by atoms with E-state index in [9.17, 15) is 19.1 Å². The maximum absolute atomic E-state index is 13.7. The Labute approximate surface area is 236 Å². The summed E-state index contributed by atoms with van der Waals surface area (Å²) in [6, 6.07) is 10.8. The Hall–Kier alpha value is -3.36. The van der Waals surface area contributed by atoms with Crippen LogP contribution in [0.3, 0.4) is 0 Å². The number of nitrogens with one attached hydrogen (secondary N) is 1. The van der Waals surface area contributed by atoms with Crippen LogP contribution < -0.4 is 5.32 Å². The average Bonchev–Trinajstić information content (AvgIpc) is 3.30. The Morgan fingerprint density at radius 3 is 2.49 bits per heavy atom. The van der Waals surface area contributed by atoms with Crippen molar-refractivity contribution in [3.05, 3.63) is 80.8 Å². The molecule has 2 heterocycles. The molecule has 7 nitrogen and oxygen atoms in total. The van der Waals surface area contributed by atoms with E-state index < -0.39 is 6.09 Å². The lowest BCUT2D eigenvalue weighted by molar-refractivity contribution is 0.0910. The van der Waals surface area contributed by atoms with Crippen molar-refractivity contribution in [1.82, 2.24) is 20.0 Å². The minimum atomic E-state index is -1.12. The maximum Gasteiger partial charge on any atom is 0.407 e. The zero-order valence-electron chi connectivity index (χ0n) is 21.5. The molecule has 0 spiro atoms. The van der Waals surface area contributed by atoms with Crippen molar-refractivity contribution in [3.8, 4) is 5.69 Å². The molecule has 0 unspecified atom stereocenters. The fourth-order valence-corrected chi connectivity index (χ4v) is 5.99. The average molecular weight is 571 g/mol. The number of amides is 2. The number of fused-ring (bicyclic) bond motifs is 1. The van der Waals surface area contributed by atoms with Crippen LogP contribution in [0, 0.1) is 11.7 Å². The highest BCUT2D eigenvalue weighted by Gasteiger charge is 2.34. The van der Waals surface area contributed by atoms with Crippen molar-refractivity contribution in [2.45, 2.75) is 51.6 Å². The summed E-state index contributed by atoms with van der Waals surface area (Å²) in [5.74, 6) is -0.352. The number of aromatic nitrogens is 2. The molecule has 2 aliphatic rings. The smallest absolute Gasteiger partial charge is 0.407 e. The topological polar surface area (TPSA) is 87.5 Å². The standard InChI is InChI=1S/C29H29Cl2FN4O3/c1-17(19-5-3-2-4-6-19)33-28(37)26-23-16-35(29(38)39)15-20(13-18-7-10-22(32)11-8-18)27(23)36(34-26)25-12-9-21(30)14-24(25)31/h7-14,17,19H,2-6,15-16H2,1H3,(H,33,37)(H,38,39)/b20-13+/t17-/m1/s1. The second-order valence-corrected chi connectivity index (χ2v) is 11.0. The minimum absolute atomic E-state index is 0.0167. The predicted molar refractivity (Wildman–Crippen MR) is 150 cm³/mol. The lowest BCUT2D eigenvalue weighted by Crippen LogP contribution is -2.40. The first-order valence-electron chi connectivity index (χ1n) is 13.0. The van der Waals surface area contributed by atoms with Gasteiger partial charge in [-0.15, -0.1) is 0 Å². The quantitative estimate of drug-likeness (QED) is 0.344. The first-order chi connectivity index (χ1) is 18.7. The number of rotatable bonds is 5. The minimum Gasteiger partial charge on any atom is -0.465 e. The summed E-state index contributed by atoms with van der Waals surface area (Å²) >= 11 is 12.7. The van der Waals surface area contributed by atoms with Gasteiger partial charge in [-0.25, -0.2) is 13.9 Å². The molecule has 204 valence electrons. The highest BCUT2D eigenvalue weighted by molar-refractivity contribution is 6.35. The van der Waals surface area contributed by atoms with Gasteiger partial charge in [-0.2, -0.15) is 5.10 Å². The second kappa shape index (κ2) is 11.4. The van der Waals surface area contributed by atoms with Crippen LogP contribution in [-0.4, -0.2) is 44.4 Å². The van der Waals surface area contributed by atoms with Crippen LogP contribution >= 0.6 is 23.2 Å². The third kappa shape index (κ3) is 5.82. The fourth-order valence-electron chi connectivity index (χ4n) is 5.50. The largest absolute Gasteiger partial charge is 0.465 e. The third-order valence-electron chi connectivity index (χ3n) is 7.55. The summed E-state index contributed by atoms with van der Waals surface area (Å²) < 4.78 is 15.2. The number of carbonyl (C=O) groups is 2. The van der Waals surface area contributed by atoms with Gasteiger partial charge in [0.05, 0.1) is 29.5 Å². The summed E-state index contributed by atoms with van der Waals surface area (Å²) in [6.45, 7) is 2.05. The number of benzene rings is 2. The molecule has 2 aromatic carbocycles. The maximum atomic E-state index is 13.7. The molecule has 0 bridgehead atoms. The molecule has 3 aromatic rings. The summed E-state index contributed by atoms with van der Waals surface area (Å²) in [7, 11) is 0. The van der Waals surface area contributed by atoms with Gasteiger partial charge < -0.3 is 10.4 Å². The number of hydrogen-bond acceptors (Lipinski definition) is 3. The predicted octanol–water partition coefficient (Wildman–Crippen LogP) is 7.05. The van der Waals surface area contributed by atoms with Gasteiger partial charge in [-0.05, 0) is 73.2 Å². The number of hydrogen-bond donors (Lipinski definition) is 2. The van der Waals surface area contributed by atoms with Crippen molar-refractivity contribution in [3.63, 3.8) is 0 Å². The van der Waals surface area contributed by atoms with E-state index in [1.165, 1.54) is 23.5 Å². The Morgan fingerprint density at radius 1 is 1.10 bits per heavy atom. The summed E-state index contributed by atoms with van der Waals surface area (Å²) in [5.41, 5.74) is 2.99. The van der Waals surface area contributed by atoms with E-state index in [0.29, 0.717) is 44.0 Å². The van der Waals surface area contributed by atoms with E-state index in [1.807, 2.05) is 6.92 Å². The van der Waals surface area contributed by atoms with Crippen molar-refractivity contribution >= 4 is 46.9 Å². The summed E-state index contributed by atoms with van der Waals surface area (Å²) in [6.07, 6.45) is 6.29. The molecular weight excluding hydrogens is 542 g/mol. The summed E-state index contributed by atoms with van der Waals surface area (Å²) in [4.78, 5) is 27.0. The molecule has 10 heteroatoms. The zero-order valence-corrected chi connectivity index (χ0v) is 23.0. The molecule has 1 saturated carbocycles. The van der Waals surface area contributed by atoms with Crippen LogP contribution in [0.5, 0.6) is 0 Å². The molecule has 2 amide bonds. The molecule has 1 aliphatic carbocycles. The second-order valence-electron chi connectivity index (χ2n) is 10.2. The molecule has 1 fully saturated rings. The van der Waals surface area contributed by atoms with E-state index in [1.54, 1.807) is 41.1 Å². The van der Waals surface area contributed by atoms with Gasteiger partial charge in [0.15, 0.2) is 5.69 Å². The third-order valence-corrected chi connectivity index (χ3v) is 8.09. The van der Waals surface area contributed by atoms with E-state index in [0.717, 1.165) is 25.7 Å². The van der Waals surface area contributed by atoms with Gasteiger partial charge in [0.25, 0.3) is 5.91 Å². The number of nitrogens with zero attached hydrogens (tertiary/aromatic N) is 3. The fraction of sp³-hybridized carbons (Fsp3) is 0.345. The van der Waals surface area contributed by atoms with Crippen molar-refractivity contribution < 1.29 is 19.1 Å². The SMILES string of the molecule is C[C@@H](NC(=O)c1nn(-c2ccc(Cl)cc2Cl)c2c1CN(C(=O)O)C/C2=C\c1ccc(F)cc1)C1CCCCC1. The van der Waals surface area contributed by atoms with Crippen LogP contribution in [0.4, 0.5) is 9.18 Å². The molecule has 2 N–H and O–H groups in total. The molecule has 0 saturated heterocycles. The monoisotopic (exact) mass is 570 g/mol. The number of halogens is 3. The van der Waals surface area contributed by atoms with Gasteiger partial charge in [-0.3, -0.25) is 9.69 Å². The highest BCUT2D eigenvalue weighted by atomic mass is 35.5. The van der Waals surface area contributed by atoms with Gasteiger partial charge in [0, 0.05) is 16.6 Å². The molecule has 5 rings (SSSR count). The highest BCUT2D eigenvalue weighted by Crippen LogP contribution is 2.36. The van der Waals surface area contributed by atoms with Crippen LogP contribution in [-0.2, 0) is 6.54 Å². The van der Waals surface area contributed by atoms with Gasteiger partial charge in [0.2, 0.25) is 0 Å². The number of carbonyl (C=O) groups excluding carboxylic acids is 1. The van der Waals surface area contributed by atoms with Crippen LogP contribution in [0.2, 0.25) is 10.0 Å². The molecule has 0 radical (unpaired) electrons. The van der Waals surface area contributed by atoms with E-state index in [-0.39, 0.29) is 36.5 Å². The first-order valence-corrected chi connectivity index (χ1v) is 13.8. The molecule has 1 aromatic heterocycles. The zero-order chi connectivity index (χ0) is 27.7. The van der Waals surface area contributed by atoms with Crippen molar-refractivity contribution in [2.75, 3.05) is 6.54 Å². The van der Waals surface area contributed by atoms with Crippen molar-refractivity contribution in [2.24, 2.45) is 5.92 Å². The van der Waals surface area contributed by atoms with Crippen LogP contribution in [0.15, 0.2) is 42.5 Å².